The number of anilines is 1. The number of hydrazone groups is 1. The van der Waals surface area contributed by atoms with E-state index in [1.165, 1.54) is 6.21 Å². The second-order valence-electron chi connectivity index (χ2n) is 6.36. The van der Waals surface area contributed by atoms with Crippen molar-refractivity contribution < 1.29 is 12.8 Å². The molecule has 0 amide bonds. The SMILES string of the molecule is O=S(=O)(N/N=C/c1cc(Br)c(N2CCCC2)o1)c1ccc2ccccc2c1. The minimum absolute atomic E-state index is 0.164. The van der Waals surface area contributed by atoms with E-state index in [9.17, 15) is 8.42 Å². The average Bonchev–Trinajstić information content (AvgIpc) is 3.30. The van der Waals surface area contributed by atoms with Gasteiger partial charge in [-0.25, -0.2) is 0 Å². The molecule has 1 fully saturated rings. The van der Waals surface area contributed by atoms with E-state index in [0.29, 0.717) is 5.76 Å². The van der Waals surface area contributed by atoms with Gasteiger partial charge in [0.25, 0.3) is 10.0 Å². The molecule has 1 N–H and O–H groups in total. The van der Waals surface area contributed by atoms with E-state index < -0.39 is 10.0 Å². The maximum Gasteiger partial charge on any atom is 0.276 e. The molecular weight excluding hydrogens is 430 g/mol. The summed E-state index contributed by atoms with van der Waals surface area (Å²) in [5.74, 6) is 1.23. The molecule has 1 aliphatic heterocycles. The van der Waals surface area contributed by atoms with Crippen molar-refractivity contribution in [2.75, 3.05) is 18.0 Å². The van der Waals surface area contributed by atoms with Crippen LogP contribution in [-0.4, -0.2) is 27.7 Å². The van der Waals surface area contributed by atoms with Crippen molar-refractivity contribution in [3.63, 3.8) is 0 Å². The number of rotatable bonds is 5. The monoisotopic (exact) mass is 447 g/mol. The predicted octanol–water partition coefficient (Wildman–Crippen LogP) is 4.11. The molecule has 0 spiro atoms. The first-order valence-electron chi connectivity index (χ1n) is 8.61. The molecule has 1 aromatic heterocycles. The molecule has 4 rings (SSSR count). The van der Waals surface area contributed by atoms with E-state index >= 15 is 0 Å². The van der Waals surface area contributed by atoms with Gasteiger partial charge < -0.3 is 9.32 Å². The van der Waals surface area contributed by atoms with E-state index in [4.69, 9.17) is 4.42 Å². The van der Waals surface area contributed by atoms with E-state index in [-0.39, 0.29) is 4.90 Å². The fourth-order valence-corrected chi connectivity index (χ4v) is 4.51. The number of hydrogen-bond acceptors (Lipinski definition) is 5. The lowest BCUT2D eigenvalue weighted by Gasteiger charge is -2.13. The van der Waals surface area contributed by atoms with Crippen LogP contribution in [0.3, 0.4) is 0 Å². The molecule has 2 heterocycles. The van der Waals surface area contributed by atoms with Gasteiger partial charge in [-0.1, -0.05) is 30.3 Å². The fraction of sp³-hybridized carbons (Fsp3) is 0.211. The van der Waals surface area contributed by atoms with Crippen LogP contribution in [0, 0.1) is 0 Å². The second kappa shape index (κ2) is 7.36. The van der Waals surface area contributed by atoms with Gasteiger partial charge in [0, 0.05) is 19.2 Å². The number of hydrogen-bond donors (Lipinski definition) is 1. The first-order valence-corrected chi connectivity index (χ1v) is 10.9. The van der Waals surface area contributed by atoms with Crippen molar-refractivity contribution in [1.29, 1.82) is 0 Å². The molecule has 8 heteroatoms. The van der Waals surface area contributed by atoms with Crippen LogP contribution in [-0.2, 0) is 10.0 Å². The molecule has 0 aliphatic carbocycles. The zero-order valence-corrected chi connectivity index (χ0v) is 16.8. The highest BCUT2D eigenvalue weighted by Gasteiger charge is 2.19. The first-order chi connectivity index (χ1) is 13.0. The van der Waals surface area contributed by atoms with Crippen molar-refractivity contribution in [3.8, 4) is 0 Å². The third kappa shape index (κ3) is 3.86. The molecule has 1 saturated heterocycles. The Labute approximate surface area is 166 Å². The lowest BCUT2D eigenvalue weighted by molar-refractivity contribution is 0.548. The number of halogens is 1. The number of furan rings is 1. The van der Waals surface area contributed by atoms with Gasteiger partial charge in [0.1, 0.15) is 0 Å². The van der Waals surface area contributed by atoms with Crippen LogP contribution in [0.25, 0.3) is 10.8 Å². The highest BCUT2D eigenvalue weighted by Crippen LogP contribution is 2.31. The Morgan fingerprint density at radius 1 is 1.07 bits per heavy atom. The van der Waals surface area contributed by atoms with Crippen molar-refractivity contribution in [1.82, 2.24) is 4.83 Å². The van der Waals surface area contributed by atoms with Crippen molar-refractivity contribution >= 4 is 48.8 Å². The molecule has 0 unspecified atom stereocenters. The van der Waals surface area contributed by atoms with Gasteiger partial charge in [-0.2, -0.15) is 18.4 Å². The first kappa shape index (κ1) is 18.1. The van der Waals surface area contributed by atoms with Gasteiger partial charge in [0.2, 0.25) is 5.88 Å². The Balaban J connectivity index is 1.50. The zero-order chi connectivity index (χ0) is 18.9. The average molecular weight is 448 g/mol. The van der Waals surface area contributed by atoms with E-state index in [0.717, 1.165) is 47.1 Å². The van der Waals surface area contributed by atoms with Gasteiger partial charge in [-0.15, -0.1) is 0 Å². The summed E-state index contributed by atoms with van der Waals surface area (Å²) in [6, 6.07) is 14.3. The Kier molecular flexibility index (Phi) is 4.92. The fourth-order valence-electron chi connectivity index (χ4n) is 3.12. The van der Waals surface area contributed by atoms with Gasteiger partial charge in [0.15, 0.2) is 5.76 Å². The molecule has 140 valence electrons. The van der Waals surface area contributed by atoms with Gasteiger partial charge in [-0.3, -0.25) is 0 Å². The summed E-state index contributed by atoms with van der Waals surface area (Å²) in [5.41, 5.74) is 0. The summed E-state index contributed by atoms with van der Waals surface area (Å²) in [6.45, 7) is 1.91. The van der Waals surface area contributed by atoms with E-state index in [2.05, 4.69) is 30.8 Å². The largest absolute Gasteiger partial charge is 0.438 e. The highest BCUT2D eigenvalue weighted by molar-refractivity contribution is 9.10. The lowest BCUT2D eigenvalue weighted by atomic mass is 10.1. The normalized spacial score (nSPS) is 15.1. The summed E-state index contributed by atoms with van der Waals surface area (Å²) in [4.78, 5) is 4.56. The molecule has 0 saturated carbocycles. The zero-order valence-electron chi connectivity index (χ0n) is 14.4. The van der Waals surface area contributed by atoms with Crippen molar-refractivity contribution in [2.24, 2.45) is 5.10 Å². The lowest BCUT2D eigenvalue weighted by Crippen LogP contribution is -2.18. The molecule has 3 aromatic rings. The van der Waals surface area contributed by atoms with Gasteiger partial charge in [-0.05, 0) is 51.7 Å². The molecule has 6 nitrogen and oxygen atoms in total. The standard InChI is InChI=1S/C19H18BrN3O3S/c20-18-12-16(26-19(18)23-9-3-4-10-23)13-21-22-27(24,25)17-8-7-14-5-1-2-6-15(14)11-17/h1-2,5-8,11-13,22H,3-4,9-10H2/b21-13+. The molecular formula is C19H18BrN3O3S. The summed E-state index contributed by atoms with van der Waals surface area (Å²) < 4.78 is 31.6. The topological polar surface area (TPSA) is 74.9 Å². The van der Waals surface area contributed by atoms with Crippen LogP contribution in [0.1, 0.15) is 18.6 Å². The number of nitrogens with one attached hydrogen (secondary N) is 1. The van der Waals surface area contributed by atoms with E-state index in [1.54, 1.807) is 24.3 Å². The number of nitrogens with zero attached hydrogens (tertiary/aromatic N) is 2. The molecule has 1 aliphatic rings. The third-order valence-electron chi connectivity index (χ3n) is 4.48. The maximum absolute atomic E-state index is 12.5. The van der Waals surface area contributed by atoms with Crippen molar-refractivity contribution in [2.45, 2.75) is 17.7 Å². The minimum atomic E-state index is -3.75. The Morgan fingerprint density at radius 3 is 2.59 bits per heavy atom. The Bertz CT molecular complexity index is 1100. The molecule has 2 aromatic carbocycles. The Morgan fingerprint density at radius 2 is 1.81 bits per heavy atom. The molecule has 0 bridgehead atoms. The number of sulfonamides is 1. The van der Waals surface area contributed by atoms with Crippen LogP contribution < -0.4 is 9.73 Å². The van der Waals surface area contributed by atoms with Crippen molar-refractivity contribution in [3.05, 3.63) is 58.8 Å². The third-order valence-corrected chi connectivity index (χ3v) is 6.27. The molecule has 0 atom stereocenters. The predicted molar refractivity (Wildman–Crippen MR) is 110 cm³/mol. The maximum atomic E-state index is 12.5. The molecule has 0 radical (unpaired) electrons. The van der Waals surface area contributed by atoms with Crippen LogP contribution in [0.5, 0.6) is 0 Å². The van der Waals surface area contributed by atoms with Crippen LogP contribution >= 0.6 is 15.9 Å². The number of benzene rings is 2. The number of fused-ring (bicyclic) bond motifs is 1. The Hall–Kier alpha value is -2.32. The summed E-state index contributed by atoms with van der Waals surface area (Å²) in [5, 5.41) is 5.69. The van der Waals surface area contributed by atoms with Crippen LogP contribution in [0.4, 0.5) is 5.88 Å². The van der Waals surface area contributed by atoms with E-state index in [1.807, 2.05) is 24.3 Å². The summed E-state index contributed by atoms with van der Waals surface area (Å²) in [7, 11) is -3.75. The quantitative estimate of drug-likeness (QED) is 0.471. The molecule has 27 heavy (non-hydrogen) atoms. The van der Waals surface area contributed by atoms with Crippen LogP contribution in [0.2, 0.25) is 0 Å². The van der Waals surface area contributed by atoms with Gasteiger partial charge >= 0.3 is 0 Å². The smallest absolute Gasteiger partial charge is 0.276 e. The van der Waals surface area contributed by atoms with Crippen LogP contribution in [0.15, 0.2) is 67.4 Å². The summed E-state index contributed by atoms with van der Waals surface area (Å²) in [6.07, 6.45) is 3.65. The van der Waals surface area contributed by atoms with Gasteiger partial charge in [0.05, 0.1) is 15.6 Å². The summed E-state index contributed by atoms with van der Waals surface area (Å²) >= 11 is 3.48. The second-order valence-corrected chi connectivity index (χ2v) is 8.87. The minimum Gasteiger partial charge on any atom is -0.438 e. The highest BCUT2D eigenvalue weighted by atomic mass is 79.9.